The average molecular weight is 237 g/mol. The molecule has 0 radical (unpaired) electrons. The van der Waals surface area contributed by atoms with Crippen molar-refractivity contribution >= 4 is 11.6 Å². The molecule has 0 saturated heterocycles. The average Bonchev–Trinajstić information content (AvgIpc) is 2.36. The lowest BCUT2D eigenvalue weighted by Crippen LogP contribution is -2.36. The first-order valence-corrected chi connectivity index (χ1v) is 5.63. The smallest absolute Gasteiger partial charge is 0.253 e. The standard InChI is InChI=1S/C12H19N3O2/c1-3-17-8-9(2)14-12(16)10-6-4-5-7-11(10)15-13/h4-7,9,15H,3,8,13H2,1-2H3,(H,14,16). The first-order valence-electron chi connectivity index (χ1n) is 5.63. The topological polar surface area (TPSA) is 76.4 Å². The van der Waals surface area contributed by atoms with Gasteiger partial charge in [0.05, 0.1) is 17.9 Å². The minimum Gasteiger partial charge on any atom is -0.380 e. The first kappa shape index (κ1) is 13.5. The summed E-state index contributed by atoms with van der Waals surface area (Å²) in [5.41, 5.74) is 3.63. The Labute approximate surface area is 101 Å². The highest BCUT2D eigenvalue weighted by molar-refractivity contribution is 5.99. The minimum absolute atomic E-state index is 0.0340. The van der Waals surface area contributed by atoms with Crippen molar-refractivity contribution in [2.45, 2.75) is 19.9 Å². The maximum atomic E-state index is 11.9. The van der Waals surface area contributed by atoms with Gasteiger partial charge in [0.15, 0.2) is 0 Å². The van der Waals surface area contributed by atoms with Crippen LogP contribution in [0.5, 0.6) is 0 Å². The van der Waals surface area contributed by atoms with E-state index < -0.39 is 0 Å². The van der Waals surface area contributed by atoms with Crippen LogP contribution in [0.25, 0.3) is 0 Å². The zero-order chi connectivity index (χ0) is 12.7. The van der Waals surface area contributed by atoms with E-state index in [1.54, 1.807) is 18.2 Å². The van der Waals surface area contributed by atoms with Crippen LogP contribution in [-0.4, -0.2) is 25.2 Å². The third kappa shape index (κ3) is 4.05. The molecule has 0 aromatic heterocycles. The van der Waals surface area contributed by atoms with Crippen molar-refractivity contribution in [3.8, 4) is 0 Å². The molecule has 1 atom stereocenters. The third-order valence-electron chi connectivity index (χ3n) is 2.28. The van der Waals surface area contributed by atoms with E-state index in [4.69, 9.17) is 10.6 Å². The van der Waals surface area contributed by atoms with Crippen LogP contribution in [0.1, 0.15) is 24.2 Å². The fourth-order valence-corrected chi connectivity index (χ4v) is 1.44. The summed E-state index contributed by atoms with van der Waals surface area (Å²) in [5.74, 6) is 5.18. The Kier molecular flexibility index (Phi) is 5.45. The number of nitrogen functional groups attached to an aromatic ring is 1. The molecule has 4 N–H and O–H groups in total. The number of para-hydroxylation sites is 1. The number of benzene rings is 1. The Morgan fingerprint density at radius 2 is 2.18 bits per heavy atom. The largest absolute Gasteiger partial charge is 0.380 e. The Morgan fingerprint density at radius 1 is 1.47 bits per heavy atom. The molecule has 0 bridgehead atoms. The maximum absolute atomic E-state index is 11.9. The monoisotopic (exact) mass is 237 g/mol. The van der Waals surface area contributed by atoms with Gasteiger partial charge in [-0.2, -0.15) is 0 Å². The molecule has 5 nitrogen and oxygen atoms in total. The number of carbonyl (C=O) groups excluding carboxylic acids is 1. The van der Waals surface area contributed by atoms with E-state index in [9.17, 15) is 4.79 Å². The highest BCUT2D eigenvalue weighted by Crippen LogP contribution is 2.13. The van der Waals surface area contributed by atoms with Crippen LogP contribution in [0.3, 0.4) is 0 Å². The number of nitrogens with two attached hydrogens (primary N) is 1. The van der Waals surface area contributed by atoms with E-state index in [1.807, 2.05) is 19.9 Å². The molecule has 1 aromatic rings. The van der Waals surface area contributed by atoms with E-state index >= 15 is 0 Å². The van der Waals surface area contributed by atoms with Crippen LogP contribution in [-0.2, 0) is 4.74 Å². The van der Waals surface area contributed by atoms with E-state index in [0.717, 1.165) is 0 Å². The SMILES string of the molecule is CCOCC(C)NC(=O)c1ccccc1NN. The van der Waals surface area contributed by atoms with Crippen molar-refractivity contribution in [1.29, 1.82) is 0 Å². The zero-order valence-corrected chi connectivity index (χ0v) is 10.2. The van der Waals surface area contributed by atoms with Gasteiger partial charge < -0.3 is 15.5 Å². The summed E-state index contributed by atoms with van der Waals surface area (Å²) in [7, 11) is 0. The second-order valence-electron chi connectivity index (χ2n) is 3.72. The Morgan fingerprint density at radius 3 is 2.82 bits per heavy atom. The van der Waals surface area contributed by atoms with Crippen LogP contribution < -0.4 is 16.6 Å². The summed E-state index contributed by atoms with van der Waals surface area (Å²) in [6, 6.07) is 7.05. The molecule has 1 amide bonds. The number of amides is 1. The lowest BCUT2D eigenvalue weighted by molar-refractivity contribution is 0.0872. The molecule has 0 aliphatic rings. The van der Waals surface area contributed by atoms with Gasteiger partial charge in [0.1, 0.15) is 0 Å². The summed E-state index contributed by atoms with van der Waals surface area (Å²) in [6.07, 6.45) is 0. The van der Waals surface area contributed by atoms with Crippen molar-refractivity contribution in [3.05, 3.63) is 29.8 Å². The van der Waals surface area contributed by atoms with E-state index in [0.29, 0.717) is 24.5 Å². The van der Waals surface area contributed by atoms with E-state index in [1.165, 1.54) is 0 Å². The Bertz CT molecular complexity index is 369. The molecule has 1 aromatic carbocycles. The molecule has 0 fully saturated rings. The van der Waals surface area contributed by atoms with Crippen molar-refractivity contribution in [2.75, 3.05) is 18.6 Å². The molecule has 0 aliphatic heterocycles. The third-order valence-corrected chi connectivity index (χ3v) is 2.28. The van der Waals surface area contributed by atoms with Gasteiger partial charge in [-0.25, -0.2) is 0 Å². The fraction of sp³-hybridized carbons (Fsp3) is 0.417. The molecule has 94 valence electrons. The predicted octanol–water partition coefficient (Wildman–Crippen LogP) is 1.13. The quantitative estimate of drug-likeness (QED) is 0.512. The Hall–Kier alpha value is -1.59. The van der Waals surface area contributed by atoms with Crippen LogP contribution in [0.4, 0.5) is 5.69 Å². The van der Waals surface area contributed by atoms with E-state index in [2.05, 4.69) is 10.7 Å². The molecule has 0 heterocycles. The van der Waals surface area contributed by atoms with Gasteiger partial charge in [-0.3, -0.25) is 10.6 Å². The summed E-state index contributed by atoms with van der Waals surface area (Å²) in [6.45, 7) is 4.95. The molecule has 5 heteroatoms. The number of rotatable bonds is 6. The number of hydrogen-bond donors (Lipinski definition) is 3. The van der Waals surface area contributed by atoms with Crippen LogP contribution in [0, 0.1) is 0 Å². The number of nitrogens with one attached hydrogen (secondary N) is 2. The molecule has 1 rings (SSSR count). The maximum Gasteiger partial charge on any atom is 0.253 e. The predicted molar refractivity (Wildman–Crippen MR) is 67.7 cm³/mol. The second kappa shape index (κ2) is 6.88. The normalized spacial score (nSPS) is 11.9. The van der Waals surface area contributed by atoms with Crippen LogP contribution in [0.15, 0.2) is 24.3 Å². The van der Waals surface area contributed by atoms with Gasteiger partial charge >= 0.3 is 0 Å². The van der Waals surface area contributed by atoms with E-state index in [-0.39, 0.29) is 11.9 Å². The molecular weight excluding hydrogens is 218 g/mol. The molecule has 17 heavy (non-hydrogen) atoms. The first-order chi connectivity index (χ1) is 8.19. The van der Waals surface area contributed by atoms with Crippen molar-refractivity contribution < 1.29 is 9.53 Å². The number of carbonyl (C=O) groups is 1. The number of anilines is 1. The number of hydrazine groups is 1. The fourth-order valence-electron chi connectivity index (χ4n) is 1.44. The van der Waals surface area contributed by atoms with Gasteiger partial charge in [-0.1, -0.05) is 12.1 Å². The summed E-state index contributed by atoms with van der Waals surface area (Å²) in [4.78, 5) is 11.9. The van der Waals surface area contributed by atoms with Gasteiger partial charge in [0, 0.05) is 12.6 Å². The van der Waals surface area contributed by atoms with Crippen LogP contribution in [0.2, 0.25) is 0 Å². The second-order valence-corrected chi connectivity index (χ2v) is 3.72. The van der Waals surface area contributed by atoms with Crippen LogP contribution >= 0.6 is 0 Å². The highest BCUT2D eigenvalue weighted by Gasteiger charge is 2.12. The van der Waals surface area contributed by atoms with Gasteiger partial charge in [-0.15, -0.1) is 0 Å². The summed E-state index contributed by atoms with van der Waals surface area (Å²) >= 11 is 0. The summed E-state index contributed by atoms with van der Waals surface area (Å²) in [5, 5.41) is 2.85. The lowest BCUT2D eigenvalue weighted by atomic mass is 10.1. The molecule has 0 aliphatic carbocycles. The molecule has 1 unspecified atom stereocenters. The number of ether oxygens (including phenoxy) is 1. The Balaban J connectivity index is 2.63. The lowest BCUT2D eigenvalue weighted by Gasteiger charge is -2.15. The zero-order valence-electron chi connectivity index (χ0n) is 10.2. The molecule has 0 saturated carbocycles. The van der Waals surface area contributed by atoms with Crippen molar-refractivity contribution in [3.63, 3.8) is 0 Å². The van der Waals surface area contributed by atoms with Crippen molar-refractivity contribution in [2.24, 2.45) is 5.84 Å². The van der Waals surface area contributed by atoms with Gasteiger partial charge in [0.2, 0.25) is 0 Å². The minimum atomic E-state index is -0.161. The molecule has 0 spiro atoms. The number of hydrogen-bond acceptors (Lipinski definition) is 4. The molecular formula is C12H19N3O2. The summed E-state index contributed by atoms with van der Waals surface area (Å²) < 4.78 is 5.23. The van der Waals surface area contributed by atoms with Gasteiger partial charge in [0.25, 0.3) is 5.91 Å². The highest BCUT2D eigenvalue weighted by atomic mass is 16.5. The van der Waals surface area contributed by atoms with Gasteiger partial charge in [-0.05, 0) is 26.0 Å². The van der Waals surface area contributed by atoms with Crippen molar-refractivity contribution in [1.82, 2.24) is 5.32 Å².